The van der Waals surface area contributed by atoms with Crippen LogP contribution in [-0.4, -0.2) is 12.3 Å². The molecule has 85 heavy (non-hydrogen) atoms. The summed E-state index contributed by atoms with van der Waals surface area (Å²) in [4.78, 5) is 8.49. The van der Waals surface area contributed by atoms with Gasteiger partial charge in [-0.25, -0.2) is 0 Å². The van der Waals surface area contributed by atoms with Crippen molar-refractivity contribution in [1.29, 1.82) is 0 Å². The summed E-state index contributed by atoms with van der Waals surface area (Å²) < 4.78 is 2.66. The molecule has 0 spiro atoms. The van der Waals surface area contributed by atoms with Gasteiger partial charge < -0.3 is 14.7 Å². The zero-order valence-corrected chi connectivity index (χ0v) is 54.7. The van der Waals surface area contributed by atoms with Gasteiger partial charge in [-0.15, -0.1) is 11.3 Å². The molecule has 1 aromatic heterocycles. The van der Waals surface area contributed by atoms with Crippen molar-refractivity contribution in [3.8, 4) is 11.1 Å². The van der Waals surface area contributed by atoms with E-state index in [1.54, 1.807) is 0 Å². The van der Waals surface area contributed by atoms with Crippen molar-refractivity contribution < 1.29 is 0 Å². The van der Waals surface area contributed by atoms with E-state index in [9.17, 15) is 0 Å². The molecule has 1 saturated carbocycles. The number of anilines is 8. The molecule has 3 aliphatic carbocycles. The van der Waals surface area contributed by atoms with Crippen LogP contribution < -0.4 is 31.1 Å². The molecule has 0 N–H and O–H groups in total. The van der Waals surface area contributed by atoms with E-state index in [2.05, 4.69) is 271 Å². The highest BCUT2D eigenvalue weighted by Crippen LogP contribution is 2.63. The molecular formula is C80H88BN3S. The van der Waals surface area contributed by atoms with Gasteiger partial charge in [-0.05, 0) is 199 Å². The topological polar surface area (TPSA) is 9.72 Å². The van der Waals surface area contributed by atoms with Gasteiger partial charge in [0.2, 0.25) is 0 Å². The van der Waals surface area contributed by atoms with Gasteiger partial charge >= 0.3 is 0 Å². The maximum absolute atomic E-state index is 2.89. The Morgan fingerprint density at radius 2 is 1.01 bits per heavy atom. The van der Waals surface area contributed by atoms with Crippen molar-refractivity contribution in [1.82, 2.24) is 0 Å². The first-order chi connectivity index (χ1) is 40.1. The van der Waals surface area contributed by atoms with Crippen molar-refractivity contribution in [2.75, 3.05) is 14.7 Å². The monoisotopic (exact) mass is 1130 g/mol. The fourth-order valence-electron chi connectivity index (χ4n) is 17.4. The predicted octanol–water partition coefficient (Wildman–Crippen LogP) is 20.8. The molecule has 15 rings (SSSR count). The minimum atomic E-state index is -0.185. The summed E-state index contributed by atoms with van der Waals surface area (Å²) >= 11 is 1.94. The molecule has 4 heterocycles. The van der Waals surface area contributed by atoms with Gasteiger partial charge in [0, 0.05) is 65.3 Å². The average molecular weight is 1130 g/mol. The fraction of sp³-hybridized carbons (Fsp3) is 0.400. The minimum Gasteiger partial charge on any atom is -0.334 e. The standard InChI is InChI=1S/C80H88BN3S/c1-73(2,3)50-28-33-63(55(42-50)49-24-18-17-19-25-49)83-67-46-53(84-64-34-29-51(74(4,5)6)43-60(64)79(15)36-22-23-37-80(79,84)16)45-66-71(67)81(61-32-35-69-70(72(61)83)54-26-20-21-27-68(54)85-69)62-47-58-59(78(13,14)41-40-77(58,11)12)48-65(62)82(66)52-30-31-56-57(44-52)76(9,10)39-38-75(56,7)8/h17-21,24-35,42-48H,22-23,36-41H2,1-16H3. The first-order valence-corrected chi connectivity index (χ1v) is 33.1. The number of fused-ring (bicyclic) bond motifs is 13. The van der Waals surface area contributed by atoms with Gasteiger partial charge in [0.05, 0.1) is 16.9 Å². The van der Waals surface area contributed by atoms with Gasteiger partial charge in [-0.2, -0.15) is 0 Å². The Morgan fingerprint density at radius 3 is 1.69 bits per heavy atom. The summed E-state index contributed by atoms with van der Waals surface area (Å²) in [6, 6.07) is 59.3. The van der Waals surface area contributed by atoms with Crippen LogP contribution in [0.3, 0.4) is 0 Å². The summed E-state index contributed by atoms with van der Waals surface area (Å²) in [6.07, 6.45) is 9.41. The average Bonchev–Trinajstić information content (AvgIpc) is 1.69. The second kappa shape index (κ2) is 18.0. The molecular weight excluding hydrogens is 1050 g/mol. The Labute approximate surface area is 513 Å². The third kappa shape index (κ3) is 7.88. The first kappa shape index (κ1) is 55.1. The van der Waals surface area contributed by atoms with Gasteiger partial charge in [0.25, 0.3) is 6.71 Å². The van der Waals surface area contributed by atoms with Crippen LogP contribution >= 0.6 is 11.3 Å². The number of benzene rings is 8. The van der Waals surface area contributed by atoms with E-state index in [0.29, 0.717) is 0 Å². The van der Waals surface area contributed by atoms with Crippen LogP contribution in [0.5, 0.6) is 0 Å². The quantitative estimate of drug-likeness (QED) is 0.163. The van der Waals surface area contributed by atoms with Crippen molar-refractivity contribution >= 4 is 100 Å². The zero-order chi connectivity index (χ0) is 59.5. The van der Waals surface area contributed by atoms with Gasteiger partial charge in [0.15, 0.2) is 0 Å². The lowest BCUT2D eigenvalue weighted by Crippen LogP contribution is -2.62. The van der Waals surface area contributed by atoms with E-state index in [0.717, 1.165) is 25.7 Å². The summed E-state index contributed by atoms with van der Waals surface area (Å²) in [5.41, 5.74) is 27.1. The molecule has 432 valence electrons. The number of rotatable bonds is 4. The van der Waals surface area contributed by atoms with Gasteiger partial charge in [-0.3, -0.25) is 0 Å². The maximum Gasteiger partial charge on any atom is 0.252 e. The Hall–Kier alpha value is -6.56. The third-order valence-corrected chi connectivity index (χ3v) is 24.2. The van der Waals surface area contributed by atoms with Crippen molar-refractivity contribution in [2.45, 2.75) is 206 Å². The fourth-order valence-corrected chi connectivity index (χ4v) is 18.5. The molecule has 8 aromatic carbocycles. The van der Waals surface area contributed by atoms with E-state index < -0.39 is 0 Å². The third-order valence-electron chi connectivity index (χ3n) is 23.0. The lowest BCUT2D eigenvalue weighted by Gasteiger charge is -2.51. The predicted molar refractivity (Wildman–Crippen MR) is 370 cm³/mol. The molecule has 6 aliphatic rings. The molecule has 9 aromatic rings. The SMILES string of the molecule is CC(C)(C)c1ccc(N2c3cc(N4c5ccc(C(C)(C)C)cc5C5(C)CCCCC45C)cc4c3B(c3cc5c(cc3N4c3ccc4c(c3)C(C)(C)CCC4(C)C)C(C)(C)CCC5(C)C)c3ccc4sc5ccccc5c4c32)c(-c2ccccc2)c1. The Balaban J connectivity index is 1.14. The number of hydrogen-bond acceptors (Lipinski definition) is 4. The van der Waals surface area contributed by atoms with E-state index >= 15 is 0 Å². The highest BCUT2D eigenvalue weighted by atomic mass is 32.1. The molecule has 0 radical (unpaired) electrons. The van der Waals surface area contributed by atoms with Gasteiger partial charge in [-0.1, -0.05) is 202 Å². The molecule has 0 saturated heterocycles. The Bertz CT molecular complexity index is 4290. The van der Waals surface area contributed by atoms with Gasteiger partial charge in [0.1, 0.15) is 0 Å². The molecule has 2 unspecified atom stereocenters. The van der Waals surface area contributed by atoms with E-state index in [-0.39, 0.29) is 50.2 Å². The number of nitrogens with zero attached hydrogens (tertiary/aromatic N) is 3. The smallest absolute Gasteiger partial charge is 0.252 e. The normalized spacial score (nSPS) is 22.1. The molecule has 2 atom stereocenters. The molecule has 0 amide bonds. The van der Waals surface area contributed by atoms with Crippen LogP contribution in [-0.2, 0) is 37.9 Å². The molecule has 1 fully saturated rings. The lowest BCUT2D eigenvalue weighted by atomic mass is 9.33. The second-order valence-electron chi connectivity index (χ2n) is 32.2. The van der Waals surface area contributed by atoms with Crippen LogP contribution in [0.4, 0.5) is 45.5 Å². The highest BCUT2D eigenvalue weighted by molar-refractivity contribution is 7.26. The van der Waals surface area contributed by atoms with E-state index in [4.69, 9.17) is 0 Å². The Kier molecular flexibility index (Phi) is 11.7. The molecule has 0 bridgehead atoms. The number of hydrogen-bond donors (Lipinski definition) is 0. The maximum atomic E-state index is 2.89. The Morgan fingerprint density at radius 1 is 0.424 bits per heavy atom. The van der Waals surface area contributed by atoms with Crippen LogP contribution in [0.1, 0.15) is 201 Å². The summed E-state index contributed by atoms with van der Waals surface area (Å²) in [7, 11) is 0. The van der Waals surface area contributed by atoms with Crippen molar-refractivity contribution in [3.05, 3.63) is 185 Å². The molecule has 5 heteroatoms. The number of thiophene rings is 1. The van der Waals surface area contributed by atoms with Crippen LogP contribution in [0, 0.1) is 0 Å². The van der Waals surface area contributed by atoms with Crippen LogP contribution in [0.2, 0.25) is 0 Å². The largest absolute Gasteiger partial charge is 0.334 e. The minimum absolute atomic E-state index is 0.00198. The molecule has 3 nitrogen and oxygen atoms in total. The van der Waals surface area contributed by atoms with Crippen molar-refractivity contribution in [3.63, 3.8) is 0 Å². The first-order valence-electron chi connectivity index (χ1n) is 32.3. The van der Waals surface area contributed by atoms with E-state index in [1.165, 1.54) is 158 Å². The zero-order valence-electron chi connectivity index (χ0n) is 53.8. The summed E-state index contributed by atoms with van der Waals surface area (Å²) in [5, 5.41) is 2.68. The van der Waals surface area contributed by atoms with Crippen molar-refractivity contribution in [2.24, 2.45) is 0 Å². The summed E-state index contributed by atoms with van der Waals surface area (Å²) in [5.74, 6) is 0. The van der Waals surface area contributed by atoms with Crippen LogP contribution in [0.15, 0.2) is 146 Å². The summed E-state index contributed by atoms with van der Waals surface area (Å²) in [6.45, 7) is 39.5. The highest BCUT2D eigenvalue weighted by Gasteiger charge is 2.59. The van der Waals surface area contributed by atoms with E-state index in [1.807, 2.05) is 11.3 Å². The second-order valence-corrected chi connectivity index (χ2v) is 33.3. The van der Waals surface area contributed by atoms with Crippen LogP contribution in [0.25, 0.3) is 31.3 Å². The lowest BCUT2D eigenvalue weighted by molar-refractivity contribution is 0.195. The molecule has 3 aliphatic heterocycles.